The fourth-order valence-electron chi connectivity index (χ4n) is 2.45. The second-order valence-electron chi connectivity index (χ2n) is 5.55. The Hall–Kier alpha value is -0.343. The zero-order chi connectivity index (χ0) is 11.6. The number of hydrogen-bond acceptors (Lipinski definition) is 1. The Bertz CT molecular complexity index is 268. The molecule has 2 heteroatoms. The van der Waals surface area contributed by atoms with Gasteiger partial charge in [-0.25, -0.2) is 0 Å². The molecule has 0 saturated carbocycles. The number of hydrogen-bond donors (Lipinski definition) is 1. The maximum atomic E-state index is 9.43. The van der Waals surface area contributed by atoms with Gasteiger partial charge in [-0.1, -0.05) is 37.4 Å². The molecule has 0 amide bonds. The van der Waals surface area contributed by atoms with Crippen molar-refractivity contribution in [1.29, 1.82) is 0 Å². The fraction of sp³-hybridized carbons (Fsp3) is 0.692. The van der Waals surface area contributed by atoms with Crippen LogP contribution in [0, 0.1) is 11.8 Å². The van der Waals surface area contributed by atoms with Crippen molar-refractivity contribution in [3.63, 3.8) is 0 Å². The molecular weight excluding hydrogens is 200 g/mol. The molecular formula is C13H24OSi. The highest BCUT2D eigenvalue weighted by Gasteiger charge is 2.38. The van der Waals surface area contributed by atoms with E-state index >= 15 is 0 Å². The third kappa shape index (κ3) is 2.61. The van der Waals surface area contributed by atoms with Crippen LogP contribution in [0.4, 0.5) is 0 Å². The second-order valence-corrected chi connectivity index (χ2v) is 10.6. The first-order valence-corrected chi connectivity index (χ1v) is 8.92. The summed E-state index contributed by atoms with van der Waals surface area (Å²) in [5.74, 6) is 1.02. The van der Waals surface area contributed by atoms with Crippen molar-refractivity contribution in [2.45, 2.75) is 38.9 Å². The monoisotopic (exact) mass is 224 g/mol. The number of rotatable bonds is 3. The second kappa shape index (κ2) is 4.66. The topological polar surface area (TPSA) is 20.2 Å². The lowest BCUT2D eigenvalue weighted by atomic mass is 9.89. The molecule has 0 spiro atoms. The summed E-state index contributed by atoms with van der Waals surface area (Å²) in [4.78, 5) is 0. The van der Waals surface area contributed by atoms with Gasteiger partial charge in [-0.2, -0.15) is 0 Å². The van der Waals surface area contributed by atoms with Gasteiger partial charge in [0.05, 0.1) is 8.07 Å². The minimum atomic E-state index is -1.41. The quantitative estimate of drug-likeness (QED) is 0.575. The summed E-state index contributed by atoms with van der Waals surface area (Å²) in [6, 6.07) is 0. The van der Waals surface area contributed by atoms with Crippen molar-refractivity contribution in [1.82, 2.24) is 0 Å². The number of allylic oxidation sites excluding steroid dienone is 2. The van der Waals surface area contributed by atoms with Crippen molar-refractivity contribution in [3.05, 3.63) is 23.9 Å². The standard InChI is InChI=1S/C13H24OSi/c1-10(2)15(4,5)13-8-11(3)6-7-12(13)9-14/h6-7,11-14H,1,8-9H2,2-5H3/t11-,12-,13+/m0/s1. The first kappa shape index (κ1) is 12.7. The van der Waals surface area contributed by atoms with Crippen LogP contribution in [0.5, 0.6) is 0 Å². The third-order valence-corrected chi connectivity index (χ3v) is 8.78. The molecule has 0 radical (unpaired) electrons. The largest absolute Gasteiger partial charge is 0.396 e. The van der Waals surface area contributed by atoms with Gasteiger partial charge < -0.3 is 5.11 Å². The molecule has 0 fully saturated rings. The van der Waals surface area contributed by atoms with Gasteiger partial charge in [0, 0.05) is 12.5 Å². The van der Waals surface area contributed by atoms with E-state index in [1.807, 2.05) is 0 Å². The van der Waals surface area contributed by atoms with Crippen LogP contribution < -0.4 is 0 Å². The Morgan fingerprint density at radius 2 is 2.07 bits per heavy atom. The molecule has 1 rings (SSSR count). The smallest absolute Gasteiger partial charge is 0.0780 e. The average molecular weight is 224 g/mol. The maximum absolute atomic E-state index is 9.43. The third-order valence-electron chi connectivity index (χ3n) is 4.07. The first-order chi connectivity index (χ1) is 6.89. The van der Waals surface area contributed by atoms with Crippen molar-refractivity contribution >= 4 is 8.07 Å². The summed E-state index contributed by atoms with van der Waals surface area (Å²) in [7, 11) is -1.41. The summed E-state index contributed by atoms with van der Waals surface area (Å²) in [6.07, 6.45) is 5.69. The molecule has 1 aliphatic rings. The molecule has 0 aromatic heterocycles. The molecule has 15 heavy (non-hydrogen) atoms. The van der Waals surface area contributed by atoms with Crippen LogP contribution in [-0.4, -0.2) is 19.8 Å². The lowest BCUT2D eigenvalue weighted by molar-refractivity contribution is 0.234. The van der Waals surface area contributed by atoms with Gasteiger partial charge in [-0.3, -0.25) is 0 Å². The van der Waals surface area contributed by atoms with Gasteiger partial charge in [-0.05, 0) is 24.8 Å². The van der Waals surface area contributed by atoms with E-state index < -0.39 is 8.07 Å². The van der Waals surface area contributed by atoms with E-state index in [0.29, 0.717) is 17.4 Å². The molecule has 86 valence electrons. The van der Waals surface area contributed by atoms with Gasteiger partial charge in [0.1, 0.15) is 0 Å². The van der Waals surface area contributed by atoms with Crippen LogP contribution in [0.15, 0.2) is 23.9 Å². The van der Waals surface area contributed by atoms with Crippen molar-refractivity contribution in [2.75, 3.05) is 6.61 Å². The van der Waals surface area contributed by atoms with Crippen molar-refractivity contribution < 1.29 is 5.11 Å². The molecule has 1 nitrogen and oxygen atoms in total. The predicted octanol–water partition coefficient (Wildman–Crippen LogP) is 3.38. The van der Waals surface area contributed by atoms with E-state index in [9.17, 15) is 5.11 Å². The van der Waals surface area contributed by atoms with Gasteiger partial charge in [0.25, 0.3) is 0 Å². The maximum Gasteiger partial charge on any atom is 0.0780 e. The number of aliphatic hydroxyl groups is 1. The normalized spacial score (nSPS) is 31.7. The van der Waals surface area contributed by atoms with Gasteiger partial charge in [0.2, 0.25) is 0 Å². The summed E-state index contributed by atoms with van der Waals surface area (Å²) in [5.41, 5.74) is 0.653. The molecule has 0 heterocycles. The molecule has 1 N–H and O–H groups in total. The van der Waals surface area contributed by atoms with E-state index in [-0.39, 0.29) is 6.61 Å². The van der Waals surface area contributed by atoms with Crippen LogP contribution >= 0.6 is 0 Å². The highest BCUT2D eigenvalue weighted by atomic mass is 28.3. The lowest BCUT2D eigenvalue weighted by Gasteiger charge is -2.40. The van der Waals surface area contributed by atoms with Gasteiger partial charge in [-0.15, -0.1) is 6.58 Å². The first-order valence-electron chi connectivity index (χ1n) is 5.84. The Labute approximate surface area is 94.9 Å². The predicted molar refractivity (Wildman–Crippen MR) is 69.5 cm³/mol. The average Bonchev–Trinajstić information content (AvgIpc) is 2.17. The zero-order valence-electron chi connectivity index (χ0n) is 10.5. The van der Waals surface area contributed by atoms with Crippen LogP contribution in [0.2, 0.25) is 18.6 Å². The minimum Gasteiger partial charge on any atom is -0.396 e. The van der Waals surface area contributed by atoms with Crippen molar-refractivity contribution in [2.24, 2.45) is 11.8 Å². The molecule has 0 unspecified atom stereocenters. The number of aliphatic hydroxyl groups excluding tert-OH is 1. The van der Waals surface area contributed by atoms with Crippen LogP contribution in [-0.2, 0) is 0 Å². The summed E-state index contributed by atoms with van der Waals surface area (Å²) in [6.45, 7) is 13.6. The van der Waals surface area contributed by atoms with Crippen LogP contribution in [0.25, 0.3) is 0 Å². The van der Waals surface area contributed by atoms with Crippen molar-refractivity contribution in [3.8, 4) is 0 Å². The Morgan fingerprint density at radius 1 is 1.47 bits per heavy atom. The minimum absolute atomic E-state index is 0.289. The Balaban J connectivity index is 2.92. The fourth-order valence-corrected chi connectivity index (χ4v) is 5.34. The van der Waals surface area contributed by atoms with E-state index in [1.54, 1.807) is 0 Å². The molecule has 0 bridgehead atoms. The Morgan fingerprint density at radius 3 is 2.53 bits per heavy atom. The summed E-state index contributed by atoms with van der Waals surface area (Å²) >= 11 is 0. The SMILES string of the molecule is C=C(C)[Si](C)(C)[C@@H]1C[C@@H](C)C=C[C@H]1CO. The van der Waals surface area contributed by atoms with Crippen LogP contribution in [0.1, 0.15) is 20.3 Å². The zero-order valence-corrected chi connectivity index (χ0v) is 11.5. The van der Waals surface area contributed by atoms with E-state index in [4.69, 9.17) is 0 Å². The molecule has 0 aromatic rings. The van der Waals surface area contributed by atoms with Gasteiger partial charge >= 0.3 is 0 Å². The van der Waals surface area contributed by atoms with Crippen LogP contribution in [0.3, 0.4) is 0 Å². The van der Waals surface area contributed by atoms with E-state index in [2.05, 4.69) is 45.7 Å². The summed E-state index contributed by atoms with van der Waals surface area (Å²) in [5, 5.41) is 10.8. The van der Waals surface area contributed by atoms with Gasteiger partial charge in [0.15, 0.2) is 0 Å². The molecule has 3 atom stereocenters. The highest BCUT2D eigenvalue weighted by Crippen LogP contribution is 2.42. The molecule has 0 saturated heterocycles. The lowest BCUT2D eigenvalue weighted by Crippen LogP contribution is -2.40. The van der Waals surface area contributed by atoms with E-state index in [0.717, 1.165) is 0 Å². The molecule has 0 aromatic carbocycles. The molecule has 1 aliphatic carbocycles. The van der Waals surface area contributed by atoms with E-state index in [1.165, 1.54) is 11.6 Å². The Kier molecular flexibility index (Phi) is 3.96. The highest BCUT2D eigenvalue weighted by molar-refractivity contribution is 6.85. The summed E-state index contributed by atoms with van der Waals surface area (Å²) < 4.78 is 0. The molecule has 0 aliphatic heterocycles.